The molecule has 2 fully saturated rings. The summed E-state index contributed by atoms with van der Waals surface area (Å²) in [5, 5.41) is 8.91. The second-order valence-corrected chi connectivity index (χ2v) is 9.09. The molecule has 0 atom stereocenters. The van der Waals surface area contributed by atoms with Gasteiger partial charge in [-0.3, -0.25) is 0 Å². The van der Waals surface area contributed by atoms with Gasteiger partial charge in [0.1, 0.15) is 18.5 Å². The first-order chi connectivity index (χ1) is 15.1. The highest BCUT2D eigenvalue weighted by Crippen LogP contribution is 2.41. The molecular weight excluding hydrogens is 390 g/mol. The maximum atomic E-state index is 11.7. The molecular formula is C24H27N5O2. The number of rotatable bonds is 4. The van der Waals surface area contributed by atoms with Crippen LogP contribution in [0.2, 0.25) is 0 Å². The Bertz CT molecular complexity index is 1040. The largest absolute Gasteiger partial charge is 0.457 e. The van der Waals surface area contributed by atoms with Crippen molar-refractivity contribution in [3.8, 4) is 6.07 Å². The minimum atomic E-state index is -0.191. The van der Waals surface area contributed by atoms with E-state index in [4.69, 9.17) is 10.00 Å². The average molecular weight is 418 g/mol. The fourth-order valence-corrected chi connectivity index (χ4v) is 5.28. The van der Waals surface area contributed by atoms with Gasteiger partial charge in [0.2, 0.25) is 0 Å². The molecule has 0 saturated carbocycles. The van der Waals surface area contributed by atoms with Crippen molar-refractivity contribution in [3.63, 3.8) is 0 Å². The van der Waals surface area contributed by atoms with Gasteiger partial charge in [-0.05, 0) is 68.3 Å². The molecule has 31 heavy (non-hydrogen) atoms. The van der Waals surface area contributed by atoms with Crippen molar-refractivity contribution in [2.75, 3.05) is 37.6 Å². The number of likely N-dealkylation sites (tertiary alicyclic amines) is 1. The number of cyclic esters (lactones) is 1. The zero-order valence-electron chi connectivity index (χ0n) is 17.9. The van der Waals surface area contributed by atoms with Crippen LogP contribution in [-0.4, -0.2) is 53.6 Å². The minimum absolute atomic E-state index is 0.191. The number of piperidine rings is 1. The number of fused-ring (bicyclic) bond motifs is 1. The molecule has 0 N–H and O–H groups in total. The van der Waals surface area contributed by atoms with Crippen LogP contribution in [0, 0.1) is 23.7 Å². The van der Waals surface area contributed by atoms with Crippen LogP contribution in [0.25, 0.3) is 0 Å². The van der Waals surface area contributed by atoms with Crippen molar-refractivity contribution in [3.05, 3.63) is 52.5 Å². The Morgan fingerprint density at radius 1 is 1.16 bits per heavy atom. The molecule has 0 bridgehead atoms. The first-order valence-electron chi connectivity index (χ1n) is 11.0. The van der Waals surface area contributed by atoms with E-state index < -0.39 is 0 Å². The van der Waals surface area contributed by atoms with Crippen molar-refractivity contribution in [2.24, 2.45) is 5.41 Å². The molecule has 0 amide bonds. The van der Waals surface area contributed by atoms with Crippen LogP contribution in [0.3, 0.4) is 0 Å². The summed E-state index contributed by atoms with van der Waals surface area (Å²) in [6, 6.07) is 6.05. The second kappa shape index (κ2) is 7.93. The molecule has 2 saturated heterocycles. The van der Waals surface area contributed by atoms with E-state index in [2.05, 4.69) is 32.8 Å². The van der Waals surface area contributed by atoms with E-state index in [9.17, 15) is 4.79 Å². The lowest BCUT2D eigenvalue weighted by Gasteiger charge is -2.39. The van der Waals surface area contributed by atoms with Crippen LogP contribution in [-0.2, 0) is 17.8 Å². The SMILES string of the molecule is Cc1c(CCN2CCC3(CC2)CCN(c2cnc(C#N)cn2)C3)ccc2c1COC2=O. The molecule has 3 aliphatic heterocycles. The molecule has 160 valence electrons. The van der Waals surface area contributed by atoms with Gasteiger partial charge in [-0.2, -0.15) is 5.26 Å². The molecule has 1 aromatic carbocycles. The highest BCUT2D eigenvalue weighted by atomic mass is 16.5. The average Bonchev–Trinajstić information content (AvgIpc) is 3.39. The zero-order chi connectivity index (χ0) is 21.4. The van der Waals surface area contributed by atoms with Crippen molar-refractivity contribution >= 4 is 11.8 Å². The highest BCUT2D eigenvalue weighted by Gasteiger charge is 2.41. The van der Waals surface area contributed by atoms with Crippen LogP contribution in [0.5, 0.6) is 0 Å². The highest BCUT2D eigenvalue weighted by molar-refractivity contribution is 5.93. The van der Waals surface area contributed by atoms with Gasteiger partial charge in [-0.1, -0.05) is 6.07 Å². The Balaban J connectivity index is 1.15. The number of esters is 1. The van der Waals surface area contributed by atoms with Crippen molar-refractivity contribution in [1.82, 2.24) is 14.9 Å². The van der Waals surface area contributed by atoms with Crippen molar-refractivity contribution < 1.29 is 9.53 Å². The van der Waals surface area contributed by atoms with E-state index in [0.717, 1.165) is 56.1 Å². The molecule has 7 heteroatoms. The van der Waals surface area contributed by atoms with Gasteiger partial charge in [-0.25, -0.2) is 14.8 Å². The van der Waals surface area contributed by atoms with Gasteiger partial charge in [0.15, 0.2) is 5.69 Å². The van der Waals surface area contributed by atoms with Gasteiger partial charge < -0.3 is 14.5 Å². The van der Waals surface area contributed by atoms with Gasteiger partial charge in [0, 0.05) is 25.2 Å². The maximum absolute atomic E-state index is 11.7. The second-order valence-electron chi connectivity index (χ2n) is 9.09. The number of carbonyl (C=O) groups is 1. The maximum Gasteiger partial charge on any atom is 0.338 e. The van der Waals surface area contributed by atoms with Gasteiger partial charge in [0.05, 0.1) is 18.0 Å². The third-order valence-corrected chi connectivity index (χ3v) is 7.41. The summed E-state index contributed by atoms with van der Waals surface area (Å²) in [5.74, 6) is 0.691. The summed E-state index contributed by atoms with van der Waals surface area (Å²) in [5.41, 5.74) is 5.07. The molecule has 0 unspecified atom stereocenters. The summed E-state index contributed by atoms with van der Waals surface area (Å²) in [6.45, 7) is 7.86. The Labute approximate surface area is 182 Å². The van der Waals surface area contributed by atoms with Gasteiger partial charge in [0.25, 0.3) is 0 Å². The van der Waals surface area contributed by atoms with Crippen molar-refractivity contribution in [1.29, 1.82) is 5.26 Å². The van der Waals surface area contributed by atoms with E-state index in [1.54, 1.807) is 12.4 Å². The number of ether oxygens (including phenoxy) is 1. The number of hydrogen-bond acceptors (Lipinski definition) is 7. The molecule has 1 spiro atoms. The summed E-state index contributed by atoms with van der Waals surface area (Å²) >= 11 is 0. The Morgan fingerprint density at radius 2 is 1.97 bits per heavy atom. The van der Waals surface area contributed by atoms with E-state index in [1.807, 2.05) is 12.1 Å². The number of nitriles is 1. The van der Waals surface area contributed by atoms with Gasteiger partial charge >= 0.3 is 5.97 Å². The summed E-state index contributed by atoms with van der Waals surface area (Å²) in [4.78, 5) is 25.2. The fourth-order valence-electron chi connectivity index (χ4n) is 5.28. The molecule has 0 radical (unpaired) electrons. The lowest BCUT2D eigenvalue weighted by molar-refractivity contribution is 0.0535. The Hall–Kier alpha value is -2.98. The number of nitrogens with zero attached hydrogens (tertiary/aromatic N) is 5. The van der Waals surface area contributed by atoms with Crippen LogP contribution < -0.4 is 4.90 Å². The third-order valence-electron chi connectivity index (χ3n) is 7.41. The van der Waals surface area contributed by atoms with E-state index in [-0.39, 0.29) is 5.97 Å². The van der Waals surface area contributed by atoms with Crippen LogP contribution in [0.4, 0.5) is 5.82 Å². The monoisotopic (exact) mass is 417 g/mol. The van der Waals surface area contributed by atoms with Gasteiger partial charge in [-0.15, -0.1) is 0 Å². The smallest absolute Gasteiger partial charge is 0.338 e. The molecule has 5 rings (SSSR count). The number of carbonyl (C=O) groups excluding carboxylic acids is 1. The first kappa shape index (κ1) is 20.0. The number of hydrogen-bond donors (Lipinski definition) is 0. The predicted octanol–water partition coefficient (Wildman–Crippen LogP) is 2.86. The summed E-state index contributed by atoms with van der Waals surface area (Å²) < 4.78 is 5.18. The minimum Gasteiger partial charge on any atom is -0.457 e. The zero-order valence-corrected chi connectivity index (χ0v) is 17.9. The summed E-state index contributed by atoms with van der Waals surface area (Å²) in [7, 11) is 0. The molecule has 1 aromatic heterocycles. The van der Waals surface area contributed by atoms with E-state index in [1.165, 1.54) is 30.4 Å². The van der Waals surface area contributed by atoms with Crippen LogP contribution in [0.1, 0.15) is 52.0 Å². The first-order valence-corrected chi connectivity index (χ1v) is 11.0. The molecule has 4 heterocycles. The molecule has 2 aromatic rings. The quantitative estimate of drug-likeness (QED) is 0.708. The number of anilines is 1. The third kappa shape index (κ3) is 3.77. The van der Waals surface area contributed by atoms with E-state index in [0.29, 0.717) is 17.7 Å². The Kier molecular flexibility index (Phi) is 5.11. The molecule has 3 aliphatic rings. The standard InChI is InChI=1S/C24H27N5O2/c1-17-18(2-3-20-21(17)15-31-23(20)30)4-8-28-9-5-24(6-10-28)7-11-29(16-24)22-14-26-19(12-25)13-27-22/h2-3,13-14H,4-11,15-16H2,1H3. The van der Waals surface area contributed by atoms with Crippen LogP contribution in [0.15, 0.2) is 24.5 Å². The normalized spacial score (nSPS) is 20.0. The topological polar surface area (TPSA) is 82.3 Å². The lowest BCUT2D eigenvalue weighted by Crippen LogP contribution is -2.42. The summed E-state index contributed by atoms with van der Waals surface area (Å²) in [6.07, 6.45) is 7.90. The molecule has 7 nitrogen and oxygen atoms in total. The fraction of sp³-hybridized carbons (Fsp3) is 0.500. The molecule has 0 aliphatic carbocycles. The van der Waals surface area contributed by atoms with Crippen LogP contribution >= 0.6 is 0 Å². The number of benzene rings is 1. The van der Waals surface area contributed by atoms with E-state index >= 15 is 0 Å². The van der Waals surface area contributed by atoms with Crippen molar-refractivity contribution in [2.45, 2.75) is 39.2 Å². The number of aromatic nitrogens is 2. The Morgan fingerprint density at radius 3 is 2.71 bits per heavy atom. The predicted molar refractivity (Wildman–Crippen MR) is 116 cm³/mol. The lowest BCUT2D eigenvalue weighted by atomic mass is 9.77.